The van der Waals surface area contributed by atoms with Gasteiger partial charge in [-0.3, -0.25) is 9.36 Å². The normalized spacial score (nSPS) is 16.5. The number of thiazole rings is 1. The zero-order valence-corrected chi connectivity index (χ0v) is 16.5. The summed E-state index contributed by atoms with van der Waals surface area (Å²) in [6, 6.07) is 6.71. The van der Waals surface area contributed by atoms with Crippen molar-refractivity contribution >= 4 is 23.4 Å². The topological polar surface area (TPSA) is 73.8 Å². The third-order valence-electron chi connectivity index (χ3n) is 4.54. The number of esters is 1. The molecule has 0 spiro atoms. The van der Waals surface area contributed by atoms with E-state index in [0.29, 0.717) is 20.6 Å². The number of carbonyl (C=O) groups excluding carboxylic acids is 1. The van der Waals surface area contributed by atoms with Crippen molar-refractivity contribution < 1.29 is 18.3 Å². The number of halogens is 1. The van der Waals surface area contributed by atoms with Crippen LogP contribution in [-0.4, -0.2) is 17.1 Å². The van der Waals surface area contributed by atoms with E-state index in [1.807, 2.05) is 0 Å². The summed E-state index contributed by atoms with van der Waals surface area (Å²) in [4.78, 5) is 30.9. The SMILES string of the molecule is CCOC(=O)C1=C(C)N=c2sc(=Cc3ccoc3)c(=O)n2C1c1ccc(F)cc1. The first kappa shape index (κ1) is 19.1. The van der Waals surface area contributed by atoms with Crippen LogP contribution in [0.3, 0.4) is 0 Å². The summed E-state index contributed by atoms with van der Waals surface area (Å²) >= 11 is 1.22. The van der Waals surface area contributed by atoms with Crippen LogP contribution in [-0.2, 0) is 9.53 Å². The smallest absolute Gasteiger partial charge is 0.338 e. The summed E-state index contributed by atoms with van der Waals surface area (Å²) < 4.78 is 25.7. The van der Waals surface area contributed by atoms with Gasteiger partial charge < -0.3 is 9.15 Å². The molecule has 1 aliphatic heterocycles. The monoisotopic (exact) mass is 412 g/mol. The van der Waals surface area contributed by atoms with Gasteiger partial charge in [0.1, 0.15) is 5.82 Å². The first-order chi connectivity index (χ1) is 14.0. The van der Waals surface area contributed by atoms with Gasteiger partial charge in [0.25, 0.3) is 5.56 Å². The Hall–Kier alpha value is -3.26. The molecule has 0 saturated heterocycles. The van der Waals surface area contributed by atoms with Gasteiger partial charge >= 0.3 is 5.97 Å². The van der Waals surface area contributed by atoms with Crippen molar-refractivity contribution in [2.24, 2.45) is 4.99 Å². The number of nitrogens with zero attached hydrogens (tertiary/aromatic N) is 2. The predicted octanol–water partition coefficient (Wildman–Crippen LogP) is 2.53. The zero-order chi connectivity index (χ0) is 20.5. The number of allylic oxidation sites excluding steroid dienone is 1. The van der Waals surface area contributed by atoms with Gasteiger partial charge in [-0.25, -0.2) is 14.2 Å². The molecule has 29 heavy (non-hydrogen) atoms. The summed E-state index contributed by atoms with van der Waals surface area (Å²) in [5, 5.41) is 0. The quantitative estimate of drug-likeness (QED) is 0.618. The summed E-state index contributed by atoms with van der Waals surface area (Å²) in [6.07, 6.45) is 4.76. The molecular weight excluding hydrogens is 395 g/mol. The number of carbonyl (C=O) groups is 1. The van der Waals surface area contributed by atoms with Gasteiger partial charge in [0.2, 0.25) is 0 Å². The molecule has 0 fully saturated rings. The fraction of sp³-hybridized carbons (Fsp3) is 0.190. The summed E-state index contributed by atoms with van der Waals surface area (Å²) in [6.45, 7) is 3.60. The van der Waals surface area contributed by atoms with Gasteiger partial charge in [-0.15, -0.1) is 0 Å². The summed E-state index contributed by atoms with van der Waals surface area (Å²) in [5.41, 5.74) is 1.78. The van der Waals surface area contributed by atoms with E-state index in [9.17, 15) is 14.0 Å². The van der Waals surface area contributed by atoms with E-state index >= 15 is 0 Å². The lowest BCUT2D eigenvalue weighted by Gasteiger charge is -2.24. The van der Waals surface area contributed by atoms with E-state index in [2.05, 4.69) is 4.99 Å². The van der Waals surface area contributed by atoms with Crippen LogP contribution in [0.4, 0.5) is 4.39 Å². The van der Waals surface area contributed by atoms with Crippen molar-refractivity contribution in [3.05, 3.63) is 90.8 Å². The highest BCUT2D eigenvalue weighted by Crippen LogP contribution is 2.30. The molecule has 8 heteroatoms. The van der Waals surface area contributed by atoms with E-state index in [0.717, 1.165) is 5.56 Å². The first-order valence-electron chi connectivity index (χ1n) is 8.97. The fourth-order valence-corrected chi connectivity index (χ4v) is 4.31. The Labute approximate surface area is 168 Å². The van der Waals surface area contributed by atoms with Crippen molar-refractivity contribution in [1.29, 1.82) is 0 Å². The molecule has 4 rings (SSSR count). The van der Waals surface area contributed by atoms with E-state index in [-0.39, 0.29) is 17.7 Å². The molecule has 3 heterocycles. The lowest BCUT2D eigenvalue weighted by Crippen LogP contribution is -2.39. The highest BCUT2D eigenvalue weighted by atomic mass is 32.1. The van der Waals surface area contributed by atoms with Crippen molar-refractivity contribution in [2.75, 3.05) is 6.61 Å². The molecule has 0 saturated carbocycles. The minimum Gasteiger partial charge on any atom is -0.472 e. The lowest BCUT2D eigenvalue weighted by atomic mass is 9.96. The number of hydrogen-bond acceptors (Lipinski definition) is 6. The molecule has 3 aromatic rings. The number of benzene rings is 1. The third-order valence-corrected chi connectivity index (χ3v) is 5.53. The fourth-order valence-electron chi connectivity index (χ4n) is 3.26. The lowest BCUT2D eigenvalue weighted by molar-refractivity contribution is -0.139. The Bertz CT molecular complexity index is 1270. The van der Waals surface area contributed by atoms with Crippen LogP contribution in [0.2, 0.25) is 0 Å². The summed E-state index contributed by atoms with van der Waals surface area (Å²) in [7, 11) is 0. The highest BCUT2D eigenvalue weighted by molar-refractivity contribution is 7.07. The zero-order valence-electron chi connectivity index (χ0n) is 15.7. The van der Waals surface area contributed by atoms with Gasteiger partial charge in [-0.1, -0.05) is 23.5 Å². The van der Waals surface area contributed by atoms with Crippen LogP contribution in [0.1, 0.15) is 31.0 Å². The Morgan fingerprint density at radius 1 is 1.34 bits per heavy atom. The molecule has 1 aliphatic rings. The third kappa shape index (κ3) is 3.47. The molecule has 1 atom stereocenters. The molecular formula is C21H17FN2O4S. The van der Waals surface area contributed by atoms with E-state index in [4.69, 9.17) is 9.15 Å². The van der Waals surface area contributed by atoms with Crippen molar-refractivity contribution in [1.82, 2.24) is 4.57 Å². The second-order valence-corrected chi connectivity index (χ2v) is 7.42. The molecule has 148 valence electrons. The maximum absolute atomic E-state index is 13.5. The van der Waals surface area contributed by atoms with Gasteiger partial charge in [0, 0.05) is 5.56 Å². The van der Waals surface area contributed by atoms with E-state index in [1.165, 1.54) is 40.6 Å². The number of furan rings is 1. The standard InChI is InChI=1S/C21H17FN2O4S/c1-3-28-20(26)17-12(2)23-21-24(18(17)14-4-6-15(22)7-5-14)19(25)16(29-21)10-13-8-9-27-11-13/h4-11,18H,3H2,1-2H3. The number of aromatic nitrogens is 1. The van der Waals surface area contributed by atoms with Gasteiger partial charge in [-0.2, -0.15) is 0 Å². The van der Waals surface area contributed by atoms with Gasteiger partial charge in [-0.05, 0) is 43.7 Å². The average Bonchev–Trinajstić information content (AvgIpc) is 3.30. The van der Waals surface area contributed by atoms with Gasteiger partial charge in [0.05, 0.1) is 41.0 Å². The molecule has 0 N–H and O–H groups in total. The van der Waals surface area contributed by atoms with Crippen molar-refractivity contribution in [3.8, 4) is 0 Å². The van der Waals surface area contributed by atoms with Crippen molar-refractivity contribution in [3.63, 3.8) is 0 Å². The predicted molar refractivity (Wildman–Crippen MR) is 106 cm³/mol. The molecule has 0 radical (unpaired) electrons. The molecule has 2 aromatic heterocycles. The Morgan fingerprint density at radius 2 is 2.10 bits per heavy atom. The molecule has 0 bridgehead atoms. The van der Waals surface area contributed by atoms with E-state index < -0.39 is 17.8 Å². The minimum absolute atomic E-state index is 0.191. The number of ether oxygens (including phenoxy) is 1. The minimum atomic E-state index is -0.752. The molecule has 1 unspecified atom stereocenters. The van der Waals surface area contributed by atoms with Crippen LogP contribution < -0.4 is 14.9 Å². The maximum Gasteiger partial charge on any atom is 0.338 e. The Balaban J connectivity index is 1.97. The summed E-state index contributed by atoms with van der Waals surface area (Å²) in [5.74, 6) is -0.952. The molecule has 6 nitrogen and oxygen atoms in total. The maximum atomic E-state index is 13.5. The Kier molecular flexibility index (Phi) is 5.02. The van der Waals surface area contributed by atoms with E-state index in [1.54, 1.807) is 38.1 Å². The second kappa shape index (κ2) is 7.63. The van der Waals surface area contributed by atoms with Gasteiger partial charge in [0.15, 0.2) is 4.80 Å². The molecule has 0 aliphatic carbocycles. The molecule has 1 aromatic carbocycles. The van der Waals surface area contributed by atoms with Crippen LogP contribution in [0.5, 0.6) is 0 Å². The Morgan fingerprint density at radius 3 is 2.76 bits per heavy atom. The molecule has 0 amide bonds. The second-order valence-electron chi connectivity index (χ2n) is 6.41. The van der Waals surface area contributed by atoms with Crippen LogP contribution >= 0.6 is 11.3 Å². The van der Waals surface area contributed by atoms with Crippen LogP contribution in [0.25, 0.3) is 6.08 Å². The first-order valence-corrected chi connectivity index (χ1v) is 9.78. The number of hydrogen-bond donors (Lipinski definition) is 0. The van der Waals surface area contributed by atoms with Crippen LogP contribution in [0, 0.1) is 5.82 Å². The van der Waals surface area contributed by atoms with Crippen molar-refractivity contribution in [2.45, 2.75) is 19.9 Å². The number of rotatable bonds is 4. The number of fused-ring (bicyclic) bond motifs is 1. The largest absolute Gasteiger partial charge is 0.472 e. The average molecular weight is 412 g/mol. The van der Waals surface area contributed by atoms with Crippen LogP contribution in [0.15, 0.2) is 68.3 Å². The highest BCUT2D eigenvalue weighted by Gasteiger charge is 2.33.